The quantitative estimate of drug-likeness (QED) is 0.156. The zero-order valence-corrected chi connectivity index (χ0v) is 34.8. The Bertz CT molecular complexity index is 3340. The standard InChI is InChI=1S/C51H36N6O.Pt/c1-51(2,3)35-17-19-36(20-18-35)55-46-15-9-6-12-43(46)54-50(55)57-45-14-8-5-11-40(45)42-24-22-38(31-48(42)57)58-37-21-23-41-39-10-4-7-13-44(39)56(47(41)30-37)49-25-16-34(32-53-49)33-26-28-52-29-27-33;/h4-29,32H,1-3H3;/q-2;+2. The largest absolute Gasteiger partial charge is 2.00 e. The molecule has 11 rings (SSSR count). The Morgan fingerprint density at radius 2 is 1.12 bits per heavy atom. The van der Waals surface area contributed by atoms with Crippen LogP contribution in [0, 0.1) is 12.1 Å². The Morgan fingerprint density at radius 1 is 0.525 bits per heavy atom. The number of ether oxygens (including phenoxy) is 1. The molecule has 11 aromatic rings. The molecule has 0 N–H and O–H groups in total. The van der Waals surface area contributed by atoms with E-state index in [1.807, 2.05) is 36.5 Å². The number of fused-ring (bicyclic) bond motifs is 7. The van der Waals surface area contributed by atoms with E-state index >= 15 is 0 Å². The van der Waals surface area contributed by atoms with Gasteiger partial charge in [-0.15, -0.1) is 35.0 Å². The minimum Gasteiger partial charge on any atom is -0.509 e. The van der Waals surface area contributed by atoms with Crippen molar-refractivity contribution in [1.29, 1.82) is 0 Å². The normalized spacial score (nSPS) is 11.8. The fourth-order valence-electron chi connectivity index (χ4n) is 8.19. The second kappa shape index (κ2) is 14.2. The molecule has 0 radical (unpaired) electrons. The number of hydrogen-bond donors (Lipinski definition) is 0. The summed E-state index contributed by atoms with van der Waals surface area (Å²) in [4.78, 5) is 14.4. The van der Waals surface area contributed by atoms with Crippen LogP contribution in [0.25, 0.3) is 83.2 Å². The third-order valence-corrected chi connectivity index (χ3v) is 11.1. The number of nitrogens with zero attached hydrogens (tertiary/aromatic N) is 6. The predicted octanol–water partition coefficient (Wildman–Crippen LogP) is 12.4. The summed E-state index contributed by atoms with van der Waals surface area (Å²) in [7, 11) is 0. The van der Waals surface area contributed by atoms with Crippen molar-refractivity contribution in [2.24, 2.45) is 0 Å². The molecule has 59 heavy (non-hydrogen) atoms. The number of pyridine rings is 2. The Hall–Kier alpha value is -6.82. The van der Waals surface area contributed by atoms with Crippen molar-refractivity contribution >= 4 is 54.6 Å². The Morgan fingerprint density at radius 3 is 1.75 bits per heavy atom. The molecule has 286 valence electrons. The monoisotopic (exact) mass is 943 g/mol. The van der Waals surface area contributed by atoms with Crippen molar-refractivity contribution < 1.29 is 25.8 Å². The van der Waals surface area contributed by atoms with Gasteiger partial charge in [-0.1, -0.05) is 92.5 Å². The van der Waals surface area contributed by atoms with E-state index in [4.69, 9.17) is 14.7 Å². The minimum absolute atomic E-state index is 0. The third-order valence-electron chi connectivity index (χ3n) is 11.1. The van der Waals surface area contributed by atoms with Crippen molar-refractivity contribution in [3.8, 4) is 40.1 Å². The SMILES string of the molecule is CC(C)(C)c1ccc(-n2c(-n3c4[c-]c(Oc5[c-]c6c(cc5)c5ccccc5n6-c5ccc(-c6ccncc6)cn5)ccc4c4ccccc43)nc3ccccc32)cc1.[Pt+2]. The average molecular weight is 944 g/mol. The van der Waals surface area contributed by atoms with Gasteiger partial charge in [0.05, 0.1) is 11.0 Å². The van der Waals surface area contributed by atoms with E-state index in [0.29, 0.717) is 11.5 Å². The van der Waals surface area contributed by atoms with Gasteiger partial charge >= 0.3 is 21.1 Å². The molecule has 7 nitrogen and oxygen atoms in total. The average Bonchev–Trinajstić information content (AvgIpc) is 3.91. The number of hydrogen-bond acceptors (Lipinski definition) is 4. The van der Waals surface area contributed by atoms with Crippen molar-refractivity contribution in [3.63, 3.8) is 0 Å². The predicted molar refractivity (Wildman–Crippen MR) is 234 cm³/mol. The Kier molecular flexibility index (Phi) is 8.80. The molecule has 0 aliphatic rings. The Balaban J connectivity index is 0.00000420. The van der Waals surface area contributed by atoms with Crippen LogP contribution in [-0.4, -0.2) is 28.7 Å². The maximum atomic E-state index is 6.67. The summed E-state index contributed by atoms with van der Waals surface area (Å²) in [6.45, 7) is 6.72. The van der Waals surface area contributed by atoms with Gasteiger partial charge in [-0.05, 0) is 88.0 Å². The van der Waals surface area contributed by atoms with Gasteiger partial charge in [0.15, 0.2) is 0 Å². The van der Waals surface area contributed by atoms with Crippen molar-refractivity contribution in [3.05, 3.63) is 182 Å². The fraction of sp³-hybridized carbons (Fsp3) is 0.0784. The first-order valence-corrected chi connectivity index (χ1v) is 19.4. The van der Waals surface area contributed by atoms with Crippen LogP contribution >= 0.6 is 0 Å². The molecule has 0 saturated carbocycles. The van der Waals surface area contributed by atoms with Gasteiger partial charge in [-0.2, -0.15) is 12.1 Å². The third kappa shape index (κ3) is 6.12. The molecular formula is C51H36N6OPt. The van der Waals surface area contributed by atoms with Crippen LogP contribution in [0.3, 0.4) is 0 Å². The van der Waals surface area contributed by atoms with E-state index < -0.39 is 0 Å². The van der Waals surface area contributed by atoms with Crippen molar-refractivity contribution in [2.75, 3.05) is 0 Å². The summed E-state index contributed by atoms with van der Waals surface area (Å²) in [5.41, 5.74) is 10.2. The first kappa shape index (κ1) is 36.5. The first-order valence-electron chi connectivity index (χ1n) is 19.4. The molecule has 6 aromatic carbocycles. The van der Waals surface area contributed by atoms with Crippen LogP contribution in [0.5, 0.6) is 11.5 Å². The van der Waals surface area contributed by atoms with Crippen LogP contribution in [0.15, 0.2) is 164 Å². The van der Waals surface area contributed by atoms with E-state index in [9.17, 15) is 0 Å². The van der Waals surface area contributed by atoms with Crippen LogP contribution in [0.4, 0.5) is 0 Å². The summed E-state index contributed by atoms with van der Waals surface area (Å²) in [6, 6.07) is 57.6. The zero-order valence-electron chi connectivity index (χ0n) is 32.5. The van der Waals surface area contributed by atoms with Crippen LogP contribution < -0.4 is 4.74 Å². The van der Waals surface area contributed by atoms with Crippen molar-refractivity contribution in [2.45, 2.75) is 26.2 Å². The van der Waals surface area contributed by atoms with E-state index in [0.717, 1.165) is 83.2 Å². The molecule has 0 bridgehead atoms. The maximum absolute atomic E-state index is 6.67. The molecule has 8 heteroatoms. The van der Waals surface area contributed by atoms with Gasteiger partial charge in [0.25, 0.3) is 0 Å². The molecule has 0 spiro atoms. The second-order valence-corrected chi connectivity index (χ2v) is 15.7. The van der Waals surface area contributed by atoms with E-state index in [1.165, 1.54) is 5.56 Å². The number of rotatable bonds is 6. The van der Waals surface area contributed by atoms with Gasteiger partial charge in [0.1, 0.15) is 5.82 Å². The summed E-state index contributed by atoms with van der Waals surface area (Å²) >= 11 is 0. The molecule has 0 saturated heterocycles. The molecule has 5 aromatic heterocycles. The number of para-hydroxylation sites is 4. The number of aromatic nitrogens is 6. The molecule has 0 atom stereocenters. The zero-order chi connectivity index (χ0) is 39.0. The van der Waals surface area contributed by atoms with Crippen LogP contribution in [-0.2, 0) is 26.5 Å². The van der Waals surface area contributed by atoms with Gasteiger partial charge in [-0.3, -0.25) is 9.55 Å². The second-order valence-electron chi connectivity index (χ2n) is 15.7. The number of benzene rings is 6. The van der Waals surface area contributed by atoms with Gasteiger partial charge in [0, 0.05) is 52.4 Å². The van der Waals surface area contributed by atoms with E-state index in [1.54, 1.807) is 12.4 Å². The van der Waals surface area contributed by atoms with Gasteiger partial charge in [0.2, 0.25) is 5.95 Å². The van der Waals surface area contributed by atoms with Crippen LogP contribution in [0.2, 0.25) is 0 Å². The topological polar surface area (TPSA) is 62.7 Å². The molecule has 5 heterocycles. The fourth-order valence-corrected chi connectivity index (χ4v) is 8.19. The molecule has 0 amide bonds. The molecular weight excluding hydrogens is 908 g/mol. The van der Waals surface area contributed by atoms with Crippen LogP contribution in [0.1, 0.15) is 26.3 Å². The minimum atomic E-state index is 0. The number of imidazole rings is 1. The maximum Gasteiger partial charge on any atom is 2.00 e. The molecule has 0 unspecified atom stereocenters. The van der Waals surface area contributed by atoms with E-state index in [-0.39, 0.29) is 26.5 Å². The smallest absolute Gasteiger partial charge is 0.509 e. The molecule has 0 aliphatic heterocycles. The Labute approximate surface area is 355 Å². The summed E-state index contributed by atoms with van der Waals surface area (Å²) in [5, 5.41) is 4.36. The summed E-state index contributed by atoms with van der Waals surface area (Å²) < 4.78 is 13.3. The first-order chi connectivity index (χ1) is 28.4. The van der Waals surface area contributed by atoms with Crippen molar-refractivity contribution in [1.82, 2.24) is 28.7 Å². The summed E-state index contributed by atoms with van der Waals surface area (Å²) in [6.07, 6.45) is 5.50. The summed E-state index contributed by atoms with van der Waals surface area (Å²) in [5.74, 6) is 2.73. The van der Waals surface area contributed by atoms with Gasteiger partial charge in [-0.25, -0.2) is 9.97 Å². The van der Waals surface area contributed by atoms with Gasteiger partial charge < -0.3 is 13.9 Å². The molecule has 0 aliphatic carbocycles. The molecule has 0 fully saturated rings. The van der Waals surface area contributed by atoms with E-state index in [2.05, 4.69) is 167 Å².